The van der Waals surface area contributed by atoms with Crippen molar-refractivity contribution >= 4 is 11.0 Å². The van der Waals surface area contributed by atoms with Crippen molar-refractivity contribution < 1.29 is 4.74 Å². The van der Waals surface area contributed by atoms with E-state index in [1.807, 2.05) is 18.6 Å². The summed E-state index contributed by atoms with van der Waals surface area (Å²) in [5.74, 6) is 1.01. The molecule has 0 radical (unpaired) electrons. The van der Waals surface area contributed by atoms with E-state index < -0.39 is 0 Å². The highest BCUT2D eigenvalue weighted by Crippen LogP contribution is 2.31. The number of nitrogens with zero attached hydrogens (tertiary/aromatic N) is 3. The second-order valence-electron chi connectivity index (χ2n) is 6.81. The minimum absolute atomic E-state index is 0.134. The quantitative estimate of drug-likeness (QED) is 0.563. The van der Waals surface area contributed by atoms with Gasteiger partial charge >= 0.3 is 0 Å². The van der Waals surface area contributed by atoms with Crippen molar-refractivity contribution in [3.8, 4) is 5.75 Å². The lowest BCUT2D eigenvalue weighted by Crippen LogP contribution is -2.20. The Kier molecular flexibility index (Phi) is 3.67. The zero-order valence-electron chi connectivity index (χ0n) is 14.4. The third-order valence-electron chi connectivity index (χ3n) is 4.94. The van der Waals surface area contributed by atoms with E-state index in [1.165, 1.54) is 16.7 Å². The van der Waals surface area contributed by atoms with Crippen LogP contribution < -0.4 is 4.74 Å². The van der Waals surface area contributed by atoms with Gasteiger partial charge in [0.15, 0.2) is 0 Å². The van der Waals surface area contributed by atoms with Crippen LogP contribution in [0.4, 0.5) is 0 Å². The zero-order chi connectivity index (χ0) is 17.3. The highest BCUT2D eigenvalue weighted by atomic mass is 16.5. The van der Waals surface area contributed by atoms with E-state index in [2.05, 4.69) is 63.1 Å². The molecule has 5 rings (SSSR count). The molecule has 3 heterocycles. The van der Waals surface area contributed by atoms with Crippen molar-refractivity contribution in [3.05, 3.63) is 90.0 Å². The first kappa shape index (κ1) is 15.1. The molecule has 0 spiro atoms. The largest absolute Gasteiger partial charge is 0.488 e. The second-order valence-corrected chi connectivity index (χ2v) is 6.81. The molecule has 4 aromatic rings. The molecule has 0 bridgehead atoms. The highest BCUT2D eigenvalue weighted by Gasteiger charge is 2.24. The fourth-order valence-electron chi connectivity index (χ4n) is 3.69. The topological polar surface area (TPSA) is 39.9 Å². The Bertz CT molecular complexity index is 1060. The van der Waals surface area contributed by atoms with Crippen LogP contribution in [0.2, 0.25) is 0 Å². The Morgan fingerprint density at radius 3 is 2.88 bits per heavy atom. The monoisotopic (exact) mass is 341 g/mol. The average molecular weight is 341 g/mol. The highest BCUT2D eigenvalue weighted by molar-refractivity contribution is 5.73. The lowest BCUT2D eigenvalue weighted by Gasteiger charge is -2.11. The summed E-state index contributed by atoms with van der Waals surface area (Å²) in [6, 6.07) is 19.1. The number of benzene rings is 2. The lowest BCUT2D eigenvalue weighted by molar-refractivity contribution is 0.211. The van der Waals surface area contributed by atoms with Crippen LogP contribution in [0.25, 0.3) is 11.0 Å². The molecule has 26 heavy (non-hydrogen) atoms. The Labute approximate surface area is 152 Å². The first-order valence-electron chi connectivity index (χ1n) is 8.92. The van der Waals surface area contributed by atoms with Crippen LogP contribution >= 0.6 is 0 Å². The normalized spacial score (nSPS) is 15.8. The van der Waals surface area contributed by atoms with Gasteiger partial charge in [-0.3, -0.25) is 4.98 Å². The van der Waals surface area contributed by atoms with Crippen molar-refractivity contribution in [1.82, 2.24) is 14.5 Å². The number of aromatic nitrogens is 3. The number of hydrogen-bond acceptors (Lipinski definition) is 3. The van der Waals surface area contributed by atoms with Gasteiger partial charge in [-0.05, 0) is 35.2 Å². The summed E-state index contributed by atoms with van der Waals surface area (Å²) in [4.78, 5) is 8.65. The third kappa shape index (κ3) is 2.84. The molecule has 1 unspecified atom stereocenters. The number of pyridine rings is 1. The van der Waals surface area contributed by atoms with Gasteiger partial charge in [0.2, 0.25) is 0 Å². The van der Waals surface area contributed by atoms with E-state index in [-0.39, 0.29) is 6.10 Å². The second kappa shape index (κ2) is 6.30. The maximum atomic E-state index is 6.17. The molecular formula is C22H19N3O. The summed E-state index contributed by atoms with van der Waals surface area (Å²) in [6.45, 7) is 0.783. The molecule has 1 aliphatic heterocycles. The number of imidazole rings is 1. The summed E-state index contributed by atoms with van der Waals surface area (Å²) >= 11 is 0. The molecule has 128 valence electrons. The molecule has 4 heteroatoms. The maximum absolute atomic E-state index is 6.17. The Hall–Kier alpha value is -3.14. The van der Waals surface area contributed by atoms with Gasteiger partial charge < -0.3 is 9.30 Å². The van der Waals surface area contributed by atoms with Crippen LogP contribution in [0.15, 0.2) is 73.3 Å². The van der Waals surface area contributed by atoms with Crippen molar-refractivity contribution in [2.24, 2.45) is 0 Å². The molecule has 1 atom stereocenters. The Morgan fingerprint density at radius 1 is 1.04 bits per heavy atom. The SMILES string of the molecule is c1ccc(Cc2ccc3c(c2)CC(Cn2cnc4ccncc42)O3)cc1. The van der Waals surface area contributed by atoms with Gasteiger partial charge in [0, 0.05) is 12.6 Å². The van der Waals surface area contributed by atoms with Gasteiger partial charge in [-0.1, -0.05) is 42.5 Å². The molecule has 0 saturated heterocycles. The first-order chi connectivity index (χ1) is 12.8. The van der Waals surface area contributed by atoms with Gasteiger partial charge in [-0.25, -0.2) is 4.98 Å². The number of ether oxygens (including phenoxy) is 1. The van der Waals surface area contributed by atoms with Crippen LogP contribution in [0.5, 0.6) is 5.75 Å². The minimum atomic E-state index is 0.134. The van der Waals surface area contributed by atoms with Crippen LogP contribution in [-0.2, 0) is 19.4 Å². The minimum Gasteiger partial charge on any atom is -0.488 e. The molecule has 1 aliphatic rings. The van der Waals surface area contributed by atoms with E-state index in [0.29, 0.717) is 0 Å². The summed E-state index contributed by atoms with van der Waals surface area (Å²) in [7, 11) is 0. The number of hydrogen-bond donors (Lipinski definition) is 0. The van der Waals surface area contributed by atoms with E-state index in [0.717, 1.165) is 36.2 Å². The van der Waals surface area contributed by atoms with Gasteiger partial charge in [-0.15, -0.1) is 0 Å². The summed E-state index contributed by atoms with van der Waals surface area (Å²) < 4.78 is 8.29. The van der Waals surface area contributed by atoms with Crippen molar-refractivity contribution in [2.75, 3.05) is 0 Å². The van der Waals surface area contributed by atoms with Crippen LogP contribution in [0.3, 0.4) is 0 Å². The fraction of sp³-hybridized carbons (Fsp3) is 0.182. The van der Waals surface area contributed by atoms with Gasteiger partial charge in [0.05, 0.1) is 30.1 Å². The third-order valence-corrected chi connectivity index (χ3v) is 4.94. The van der Waals surface area contributed by atoms with Crippen molar-refractivity contribution in [2.45, 2.75) is 25.5 Å². The fourth-order valence-corrected chi connectivity index (χ4v) is 3.69. The van der Waals surface area contributed by atoms with E-state index in [4.69, 9.17) is 4.74 Å². The molecule has 2 aromatic carbocycles. The molecule has 0 fully saturated rings. The lowest BCUT2D eigenvalue weighted by atomic mass is 10.0. The van der Waals surface area contributed by atoms with Crippen LogP contribution in [-0.4, -0.2) is 20.6 Å². The average Bonchev–Trinajstić information content (AvgIpc) is 3.26. The smallest absolute Gasteiger partial charge is 0.123 e. The number of rotatable bonds is 4. The van der Waals surface area contributed by atoms with E-state index in [9.17, 15) is 0 Å². The molecular weight excluding hydrogens is 322 g/mol. The predicted octanol–water partition coefficient (Wildman–Crippen LogP) is 4.03. The molecule has 0 N–H and O–H groups in total. The Morgan fingerprint density at radius 2 is 1.96 bits per heavy atom. The van der Waals surface area contributed by atoms with Crippen LogP contribution in [0.1, 0.15) is 16.7 Å². The summed E-state index contributed by atoms with van der Waals surface area (Å²) in [5, 5.41) is 0. The predicted molar refractivity (Wildman–Crippen MR) is 101 cm³/mol. The van der Waals surface area contributed by atoms with Crippen LogP contribution in [0, 0.1) is 0 Å². The Balaban J connectivity index is 1.33. The van der Waals surface area contributed by atoms with Gasteiger partial charge in [0.25, 0.3) is 0 Å². The number of fused-ring (bicyclic) bond motifs is 2. The maximum Gasteiger partial charge on any atom is 0.123 e. The van der Waals surface area contributed by atoms with Gasteiger partial charge in [0.1, 0.15) is 11.9 Å². The van der Waals surface area contributed by atoms with E-state index in [1.54, 1.807) is 6.20 Å². The molecule has 0 saturated carbocycles. The molecule has 0 amide bonds. The summed E-state index contributed by atoms with van der Waals surface area (Å²) in [6.07, 6.45) is 7.53. The van der Waals surface area contributed by atoms with Gasteiger partial charge in [-0.2, -0.15) is 0 Å². The molecule has 2 aromatic heterocycles. The standard InChI is InChI=1S/C22H19N3O/c1-2-4-16(5-3-1)10-17-6-7-22-18(11-17)12-19(26-22)14-25-15-24-20-8-9-23-13-21(20)25/h1-9,11,13,15,19H,10,12,14H2. The van der Waals surface area contributed by atoms with Crippen molar-refractivity contribution in [1.29, 1.82) is 0 Å². The molecule has 0 aliphatic carbocycles. The summed E-state index contributed by atoms with van der Waals surface area (Å²) in [5.41, 5.74) is 5.99. The van der Waals surface area contributed by atoms with E-state index >= 15 is 0 Å². The first-order valence-corrected chi connectivity index (χ1v) is 8.92. The van der Waals surface area contributed by atoms with Crippen molar-refractivity contribution in [3.63, 3.8) is 0 Å². The zero-order valence-corrected chi connectivity index (χ0v) is 14.4. The molecule has 4 nitrogen and oxygen atoms in total.